The van der Waals surface area contributed by atoms with Gasteiger partial charge in [-0.1, -0.05) is 15.9 Å². The van der Waals surface area contributed by atoms with E-state index in [-0.39, 0.29) is 5.97 Å². The van der Waals surface area contributed by atoms with Gasteiger partial charge >= 0.3 is 5.97 Å². The first-order valence-corrected chi connectivity index (χ1v) is 7.16. The average Bonchev–Trinajstić information content (AvgIpc) is 2.47. The number of nitrogens with one attached hydrogen (secondary N) is 1. The lowest BCUT2D eigenvalue weighted by Crippen LogP contribution is -2.05. The van der Waals surface area contributed by atoms with Crippen molar-refractivity contribution < 1.29 is 14.3 Å². The van der Waals surface area contributed by atoms with Crippen LogP contribution in [0.4, 0.5) is 11.5 Å². The predicted molar refractivity (Wildman–Crippen MR) is 84.2 cm³/mol. The van der Waals surface area contributed by atoms with Gasteiger partial charge in [0.15, 0.2) is 0 Å². The van der Waals surface area contributed by atoms with Crippen LogP contribution < -0.4 is 10.1 Å². The summed E-state index contributed by atoms with van der Waals surface area (Å²) in [5.74, 6) is 0.985. The molecule has 0 spiro atoms. The van der Waals surface area contributed by atoms with Crippen molar-refractivity contribution in [3.05, 3.63) is 46.6 Å². The average molecular weight is 351 g/mol. The largest absolute Gasteiger partial charge is 0.497 e. The van der Waals surface area contributed by atoms with Gasteiger partial charge in [-0.3, -0.25) is 0 Å². The highest BCUT2D eigenvalue weighted by Crippen LogP contribution is 2.26. The molecule has 5 nitrogen and oxygen atoms in total. The summed E-state index contributed by atoms with van der Waals surface area (Å²) in [6.45, 7) is 2.11. The molecular formula is C15H15BrN2O3. The van der Waals surface area contributed by atoms with E-state index in [2.05, 4.69) is 26.2 Å². The third-order valence-electron chi connectivity index (χ3n) is 2.65. The van der Waals surface area contributed by atoms with Crippen LogP contribution in [-0.2, 0) is 4.74 Å². The standard InChI is InChI=1S/C15H15BrN2O3/c1-3-21-15(19)10-4-5-14(17-9-10)18-12-6-11(16)7-13(8-12)20-2/h4-9H,3H2,1-2H3,(H,17,18). The summed E-state index contributed by atoms with van der Waals surface area (Å²) in [5, 5.41) is 3.14. The van der Waals surface area contributed by atoms with Gasteiger partial charge in [-0.05, 0) is 31.2 Å². The Morgan fingerprint density at radius 3 is 2.76 bits per heavy atom. The van der Waals surface area contributed by atoms with Crippen LogP contribution in [0.1, 0.15) is 17.3 Å². The fraction of sp³-hybridized carbons (Fsp3) is 0.200. The molecule has 1 N–H and O–H groups in total. The minimum atomic E-state index is -0.374. The first-order valence-electron chi connectivity index (χ1n) is 6.37. The summed E-state index contributed by atoms with van der Waals surface area (Å²) in [5.41, 5.74) is 1.26. The lowest BCUT2D eigenvalue weighted by Gasteiger charge is -2.09. The number of hydrogen-bond donors (Lipinski definition) is 1. The molecule has 0 saturated carbocycles. The number of ether oxygens (including phenoxy) is 2. The summed E-state index contributed by atoms with van der Waals surface area (Å²) in [7, 11) is 1.61. The Bertz CT molecular complexity index is 629. The molecule has 0 radical (unpaired) electrons. The van der Waals surface area contributed by atoms with Crippen molar-refractivity contribution in [1.82, 2.24) is 4.98 Å². The molecule has 0 bridgehead atoms. The Labute approximate surface area is 131 Å². The highest BCUT2D eigenvalue weighted by molar-refractivity contribution is 9.10. The van der Waals surface area contributed by atoms with Crippen molar-refractivity contribution in [2.24, 2.45) is 0 Å². The third kappa shape index (κ3) is 4.19. The van der Waals surface area contributed by atoms with Gasteiger partial charge < -0.3 is 14.8 Å². The predicted octanol–water partition coefficient (Wildman–Crippen LogP) is 3.77. The molecule has 0 aliphatic carbocycles. The highest BCUT2D eigenvalue weighted by Gasteiger charge is 2.07. The lowest BCUT2D eigenvalue weighted by atomic mass is 10.2. The molecule has 0 aliphatic heterocycles. The number of anilines is 2. The van der Waals surface area contributed by atoms with Crippen LogP contribution in [0.25, 0.3) is 0 Å². The Kier molecular flexibility index (Phi) is 5.16. The number of hydrogen-bond acceptors (Lipinski definition) is 5. The Morgan fingerprint density at radius 1 is 1.33 bits per heavy atom. The monoisotopic (exact) mass is 350 g/mol. The van der Waals surface area contributed by atoms with Crippen molar-refractivity contribution in [2.75, 3.05) is 19.0 Å². The van der Waals surface area contributed by atoms with E-state index in [1.54, 1.807) is 26.2 Å². The number of benzene rings is 1. The zero-order valence-corrected chi connectivity index (χ0v) is 13.3. The zero-order valence-electron chi connectivity index (χ0n) is 11.7. The molecule has 0 unspecified atom stereocenters. The van der Waals surface area contributed by atoms with Crippen molar-refractivity contribution in [2.45, 2.75) is 6.92 Å². The van der Waals surface area contributed by atoms with Gasteiger partial charge in [0.1, 0.15) is 11.6 Å². The minimum Gasteiger partial charge on any atom is -0.497 e. The van der Waals surface area contributed by atoms with Crippen LogP contribution in [0.5, 0.6) is 5.75 Å². The van der Waals surface area contributed by atoms with Crippen LogP contribution in [0.3, 0.4) is 0 Å². The van der Waals surface area contributed by atoms with Crippen molar-refractivity contribution >= 4 is 33.4 Å². The number of halogens is 1. The summed E-state index contributed by atoms with van der Waals surface area (Å²) < 4.78 is 11.0. The molecule has 6 heteroatoms. The summed E-state index contributed by atoms with van der Waals surface area (Å²) in [6.07, 6.45) is 1.48. The molecule has 1 aromatic heterocycles. The summed E-state index contributed by atoms with van der Waals surface area (Å²) in [4.78, 5) is 15.7. The molecule has 0 atom stereocenters. The Balaban J connectivity index is 2.13. The second kappa shape index (κ2) is 7.08. The molecule has 0 saturated heterocycles. The molecule has 0 fully saturated rings. The summed E-state index contributed by atoms with van der Waals surface area (Å²) in [6, 6.07) is 9.01. The van der Waals surface area contributed by atoms with Crippen molar-refractivity contribution in [3.63, 3.8) is 0 Å². The second-order valence-corrected chi connectivity index (χ2v) is 5.07. The van der Waals surface area contributed by atoms with Gasteiger partial charge in [0.25, 0.3) is 0 Å². The van der Waals surface area contributed by atoms with Crippen LogP contribution in [0.2, 0.25) is 0 Å². The smallest absolute Gasteiger partial charge is 0.339 e. The number of rotatable bonds is 5. The lowest BCUT2D eigenvalue weighted by molar-refractivity contribution is 0.0526. The van der Waals surface area contributed by atoms with Gasteiger partial charge in [-0.15, -0.1) is 0 Å². The number of nitrogens with zero attached hydrogens (tertiary/aromatic N) is 1. The van der Waals surface area contributed by atoms with E-state index in [4.69, 9.17) is 9.47 Å². The van der Waals surface area contributed by atoms with E-state index in [9.17, 15) is 4.79 Å². The highest BCUT2D eigenvalue weighted by atomic mass is 79.9. The topological polar surface area (TPSA) is 60.5 Å². The molecular weight excluding hydrogens is 336 g/mol. The zero-order chi connectivity index (χ0) is 15.2. The van der Waals surface area contributed by atoms with Gasteiger partial charge in [-0.25, -0.2) is 9.78 Å². The van der Waals surface area contributed by atoms with E-state index in [0.717, 1.165) is 15.9 Å². The van der Waals surface area contributed by atoms with E-state index in [0.29, 0.717) is 18.0 Å². The number of methoxy groups -OCH3 is 1. The third-order valence-corrected chi connectivity index (χ3v) is 3.11. The van der Waals surface area contributed by atoms with E-state index in [1.165, 1.54) is 6.20 Å². The fourth-order valence-corrected chi connectivity index (χ4v) is 2.18. The number of aromatic nitrogens is 1. The van der Waals surface area contributed by atoms with Crippen molar-refractivity contribution in [1.29, 1.82) is 0 Å². The number of pyridine rings is 1. The van der Waals surface area contributed by atoms with E-state index < -0.39 is 0 Å². The second-order valence-electron chi connectivity index (χ2n) is 4.16. The minimum absolute atomic E-state index is 0.344. The fourth-order valence-electron chi connectivity index (χ4n) is 1.70. The summed E-state index contributed by atoms with van der Waals surface area (Å²) >= 11 is 3.41. The number of carbonyl (C=O) groups is 1. The Morgan fingerprint density at radius 2 is 2.14 bits per heavy atom. The molecule has 2 aromatic rings. The van der Waals surface area contributed by atoms with Crippen LogP contribution in [0, 0.1) is 0 Å². The molecule has 2 rings (SSSR count). The van der Waals surface area contributed by atoms with E-state index >= 15 is 0 Å². The van der Waals surface area contributed by atoms with Crippen molar-refractivity contribution in [3.8, 4) is 5.75 Å². The first-order chi connectivity index (χ1) is 10.1. The normalized spacial score (nSPS) is 10.0. The number of esters is 1. The SMILES string of the molecule is CCOC(=O)c1ccc(Nc2cc(Br)cc(OC)c2)nc1. The van der Waals surface area contributed by atoms with Crippen LogP contribution in [-0.4, -0.2) is 24.7 Å². The molecule has 1 aromatic carbocycles. The van der Waals surface area contributed by atoms with Gasteiger partial charge in [0.2, 0.25) is 0 Å². The van der Waals surface area contributed by atoms with Gasteiger partial charge in [-0.2, -0.15) is 0 Å². The first kappa shape index (κ1) is 15.3. The molecule has 0 amide bonds. The maximum absolute atomic E-state index is 11.5. The van der Waals surface area contributed by atoms with Crippen LogP contribution in [0.15, 0.2) is 41.0 Å². The molecule has 110 valence electrons. The van der Waals surface area contributed by atoms with Crippen LogP contribution >= 0.6 is 15.9 Å². The molecule has 0 aliphatic rings. The van der Waals surface area contributed by atoms with E-state index in [1.807, 2.05) is 18.2 Å². The maximum Gasteiger partial charge on any atom is 0.339 e. The van der Waals surface area contributed by atoms with Gasteiger partial charge in [0, 0.05) is 22.4 Å². The molecule has 21 heavy (non-hydrogen) atoms. The molecule has 1 heterocycles. The maximum atomic E-state index is 11.5. The number of carbonyl (C=O) groups excluding carboxylic acids is 1. The Hall–Kier alpha value is -2.08. The van der Waals surface area contributed by atoms with Gasteiger partial charge in [0.05, 0.1) is 19.3 Å². The quantitative estimate of drug-likeness (QED) is 0.831.